The normalized spacial score (nSPS) is 11.3. The van der Waals surface area contributed by atoms with Crippen LogP contribution in [-0.2, 0) is 12.9 Å². The number of aromatic nitrogens is 2. The third-order valence-corrected chi connectivity index (χ3v) is 4.33. The maximum Gasteiger partial charge on any atom is 0.167 e. The van der Waals surface area contributed by atoms with Crippen molar-refractivity contribution in [3.63, 3.8) is 0 Å². The molecule has 1 rings (SSSR count). The molecule has 0 unspecified atom stereocenters. The van der Waals surface area contributed by atoms with E-state index in [4.69, 9.17) is 11.6 Å². The molecule has 0 N–H and O–H groups in total. The number of nitrogens with zero attached hydrogens (tertiary/aromatic N) is 2. The van der Waals surface area contributed by atoms with E-state index < -0.39 is 0 Å². The Morgan fingerprint density at radius 2 is 2.13 bits per heavy atom. The Kier molecular flexibility index (Phi) is 5.54. The zero-order valence-corrected chi connectivity index (χ0v) is 11.2. The summed E-state index contributed by atoms with van der Waals surface area (Å²) in [7, 11) is 2.03. The van der Waals surface area contributed by atoms with Gasteiger partial charge in [-0.2, -0.15) is 0 Å². The molecule has 0 saturated heterocycles. The summed E-state index contributed by atoms with van der Waals surface area (Å²) >= 11 is 7.63. The van der Waals surface area contributed by atoms with E-state index in [0.29, 0.717) is 5.88 Å². The van der Waals surface area contributed by atoms with E-state index in [0.717, 1.165) is 22.5 Å². The molecule has 0 aliphatic heterocycles. The van der Waals surface area contributed by atoms with Crippen molar-refractivity contribution >= 4 is 23.4 Å². The lowest BCUT2D eigenvalue weighted by Gasteiger charge is -2.11. The average molecular weight is 247 g/mol. The van der Waals surface area contributed by atoms with Gasteiger partial charge >= 0.3 is 0 Å². The fourth-order valence-electron chi connectivity index (χ4n) is 1.40. The van der Waals surface area contributed by atoms with Gasteiger partial charge in [-0.15, -0.1) is 11.6 Å². The summed E-state index contributed by atoms with van der Waals surface area (Å²) < 4.78 is 2.08. The highest BCUT2D eigenvalue weighted by Crippen LogP contribution is 2.23. The first-order valence-corrected chi connectivity index (χ1v) is 6.94. The summed E-state index contributed by atoms with van der Waals surface area (Å²) in [6.07, 6.45) is 4.36. The number of thioether (sulfide) groups is 1. The highest BCUT2D eigenvalue weighted by molar-refractivity contribution is 7.99. The minimum atomic E-state index is 0.537. The van der Waals surface area contributed by atoms with Gasteiger partial charge in [-0.1, -0.05) is 38.5 Å². The molecular weight excluding hydrogens is 228 g/mol. The van der Waals surface area contributed by atoms with Crippen LogP contribution in [0.1, 0.15) is 32.4 Å². The molecule has 86 valence electrons. The monoisotopic (exact) mass is 246 g/mol. The van der Waals surface area contributed by atoms with E-state index in [-0.39, 0.29) is 0 Å². The maximum absolute atomic E-state index is 5.79. The first-order valence-electron chi connectivity index (χ1n) is 5.42. The summed E-state index contributed by atoms with van der Waals surface area (Å²) in [6.45, 7) is 4.49. The minimum Gasteiger partial charge on any atom is -0.325 e. The summed E-state index contributed by atoms with van der Waals surface area (Å²) in [4.78, 5) is 4.37. The lowest BCUT2D eigenvalue weighted by molar-refractivity contribution is 0.552. The van der Waals surface area contributed by atoms with Gasteiger partial charge in [0.05, 0.1) is 17.8 Å². The van der Waals surface area contributed by atoms with Crippen LogP contribution in [0, 0.1) is 5.92 Å². The second-order valence-electron chi connectivity index (χ2n) is 3.72. The van der Waals surface area contributed by atoms with Gasteiger partial charge in [0.1, 0.15) is 0 Å². The van der Waals surface area contributed by atoms with Crippen molar-refractivity contribution in [2.75, 3.05) is 5.75 Å². The SMILES string of the molecule is CCC(CC)CSc1ncc(CCl)n1C. The largest absolute Gasteiger partial charge is 0.325 e. The lowest BCUT2D eigenvalue weighted by atomic mass is 10.1. The van der Waals surface area contributed by atoms with Crippen LogP contribution >= 0.6 is 23.4 Å². The lowest BCUT2D eigenvalue weighted by Crippen LogP contribution is -2.02. The molecular formula is C11H19ClN2S. The van der Waals surface area contributed by atoms with Crippen molar-refractivity contribution in [3.05, 3.63) is 11.9 Å². The van der Waals surface area contributed by atoms with Crippen LogP contribution in [0.25, 0.3) is 0 Å². The van der Waals surface area contributed by atoms with Crippen LogP contribution in [0.5, 0.6) is 0 Å². The molecule has 1 heterocycles. The number of hydrogen-bond donors (Lipinski definition) is 0. The van der Waals surface area contributed by atoms with E-state index in [1.165, 1.54) is 12.8 Å². The number of halogens is 1. The van der Waals surface area contributed by atoms with Gasteiger partial charge in [0.2, 0.25) is 0 Å². The Hall–Kier alpha value is -0.150. The fraction of sp³-hybridized carbons (Fsp3) is 0.727. The molecule has 2 nitrogen and oxygen atoms in total. The molecule has 1 aromatic heterocycles. The first-order chi connectivity index (χ1) is 7.22. The van der Waals surface area contributed by atoms with Gasteiger partial charge in [0.15, 0.2) is 5.16 Å². The maximum atomic E-state index is 5.79. The number of imidazole rings is 1. The predicted molar refractivity (Wildman–Crippen MR) is 67.6 cm³/mol. The molecule has 0 aliphatic rings. The van der Waals surface area contributed by atoms with Crippen molar-refractivity contribution in [2.45, 2.75) is 37.7 Å². The predicted octanol–water partition coefficient (Wildman–Crippen LogP) is 3.69. The Bertz CT molecular complexity index is 295. The van der Waals surface area contributed by atoms with Gasteiger partial charge in [-0.05, 0) is 5.92 Å². The molecule has 0 bridgehead atoms. The van der Waals surface area contributed by atoms with Gasteiger partial charge < -0.3 is 4.57 Å². The van der Waals surface area contributed by atoms with E-state index in [1.54, 1.807) is 0 Å². The molecule has 0 aliphatic carbocycles. The smallest absolute Gasteiger partial charge is 0.167 e. The quantitative estimate of drug-likeness (QED) is 0.563. The summed E-state index contributed by atoms with van der Waals surface area (Å²) in [6, 6.07) is 0. The topological polar surface area (TPSA) is 17.8 Å². The zero-order valence-electron chi connectivity index (χ0n) is 9.66. The van der Waals surface area contributed by atoms with Gasteiger partial charge in [-0.3, -0.25) is 0 Å². The molecule has 0 fully saturated rings. The fourth-order valence-corrected chi connectivity index (χ4v) is 2.94. The van der Waals surface area contributed by atoms with Crippen molar-refractivity contribution in [1.82, 2.24) is 9.55 Å². The third kappa shape index (κ3) is 3.42. The molecule has 15 heavy (non-hydrogen) atoms. The highest BCUT2D eigenvalue weighted by atomic mass is 35.5. The molecule has 4 heteroatoms. The summed E-state index contributed by atoms with van der Waals surface area (Å²) in [5, 5.41) is 1.08. The Labute approximate surface area is 101 Å². The minimum absolute atomic E-state index is 0.537. The molecule has 0 spiro atoms. The van der Waals surface area contributed by atoms with Crippen molar-refractivity contribution < 1.29 is 0 Å². The number of alkyl halides is 1. The molecule has 0 amide bonds. The molecule has 0 atom stereocenters. The molecule has 1 aromatic rings. The van der Waals surface area contributed by atoms with E-state index >= 15 is 0 Å². The molecule has 0 saturated carbocycles. The van der Waals surface area contributed by atoms with Gasteiger partial charge in [-0.25, -0.2) is 4.98 Å². The second kappa shape index (κ2) is 6.44. The van der Waals surface area contributed by atoms with E-state index in [2.05, 4.69) is 23.4 Å². The highest BCUT2D eigenvalue weighted by Gasteiger charge is 2.09. The van der Waals surface area contributed by atoms with Crippen molar-refractivity contribution in [2.24, 2.45) is 13.0 Å². The summed E-state index contributed by atoms with van der Waals surface area (Å²) in [5.41, 5.74) is 1.09. The Balaban J connectivity index is 2.53. The zero-order chi connectivity index (χ0) is 11.3. The van der Waals surface area contributed by atoms with Gasteiger partial charge in [0, 0.05) is 12.8 Å². The van der Waals surface area contributed by atoms with Gasteiger partial charge in [0.25, 0.3) is 0 Å². The molecule has 0 radical (unpaired) electrons. The van der Waals surface area contributed by atoms with Crippen LogP contribution in [0.3, 0.4) is 0 Å². The van der Waals surface area contributed by atoms with Crippen LogP contribution in [0.4, 0.5) is 0 Å². The first kappa shape index (κ1) is 12.9. The third-order valence-electron chi connectivity index (χ3n) is 2.78. The summed E-state index contributed by atoms with van der Waals surface area (Å²) in [5.74, 6) is 2.49. The Morgan fingerprint density at radius 1 is 1.47 bits per heavy atom. The van der Waals surface area contributed by atoms with E-state index in [9.17, 15) is 0 Å². The van der Waals surface area contributed by atoms with Crippen LogP contribution in [-0.4, -0.2) is 15.3 Å². The van der Waals surface area contributed by atoms with Crippen LogP contribution < -0.4 is 0 Å². The second-order valence-corrected chi connectivity index (χ2v) is 4.97. The molecule has 0 aromatic carbocycles. The van der Waals surface area contributed by atoms with Crippen LogP contribution in [0.2, 0.25) is 0 Å². The van der Waals surface area contributed by atoms with Crippen LogP contribution in [0.15, 0.2) is 11.4 Å². The Morgan fingerprint density at radius 3 is 2.60 bits per heavy atom. The number of hydrogen-bond acceptors (Lipinski definition) is 2. The van der Waals surface area contributed by atoms with Crippen molar-refractivity contribution in [3.8, 4) is 0 Å². The number of rotatable bonds is 6. The average Bonchev–Trinajstić information content (AvgIpc) is 2.61. The van der Waals surface area contributed by atoms with Crippen molar-refractivity contribution in [1.29, 1.82) is 0 Å². The van der Waals surface area contributed by atoms with E-state index in [1.807, 2.05) is 25.0 Å². The standard InChI is InChI=1S/C11H19ClN2S/c1-4-9(5-2)8-15-11-13-7-10(6-12)14(11)3/h7,9H,4-6,8H2,1-3H3.